The number of ether oxygens (including phenoxy) is 2. The number of carboxylic acids is 1. The summed E-state index contributed by atoms with van der Waals surface area (Å²) in [5.74, 6) is 0.430. The molecule has 0 aliphatic carbocycles. The van der Waals surface area contributed by atoms with Gasteiger partial charge >= 0.3 is 13.2 Å². The highest BCUT2D eigenvalue weighted by Crippen LogP contribution is 2.28. The highest BCUT2D eigenvalue weighted by molar-refractivity contribution is 6.50. The molecular weight excluding hydrogens is 659 g/mol. The molecule has 4 aromatic rings. The number of hydrogen-bond donors (Lipinski definition) is 1. The van der Waals surface area contributed by atoms with Crippen molar-refractivity contribution in [1.82, 2.24) is 0 Å². The van der Waals surface area contributed by atoms with Gasteiger partial charge in [-0.05, 0) is 64.6 Å². The van der Waals surface area contributed by atoms with Crippen molar-refractivity contribution in [2.24, 2.45) is 0 Å². The van der Waals surface area contributed by atoms with Crippen LogP contribution in [0, 0.1) is 13.8 Å². The minimum absolute atomic E-state index is 0.507. The van der Waals surface area contributed by atoms with Crippen LogP contribution in [0.15, 0.2) is 103 Å². The molecule has 0 unspecified atom stereocenters. The van der Waals surface area contributed by atoms with E-state index >= 15 is 0 Å². The monoisotopic (exact) mass is 702 g/mol. The molecule has 6 nitrogen and oxygen atoms in total. The van der Waals surface area contributed by atoms with E-state index in [0.29, 0.717) is 31.1 Å². The zero-order chi connectivity index (χ0) is 37.4. The Morgan fingerprint density at radius 2 is 1.39 bits per heavy atom. The Bertz CT molecular complexity index is 1840. The summed E-state index contributed by atoms with van der Waals surface area (Å²) in [5, 5.41) is 8.95. The number of nitrogens with zero attached hydrogens (tertiary/aromatic N) is 2. The lowest BCUT2D eigenvalue weighted by atomic mass is 10.0. The minimum Gasteiger partial charge on any atom is -0.493 e. The molecule has 0 atom stereocenters. The molecular formula is C40H43BF4N2O4. The van der Waals surface area contributed by atoms with Gasteiger partial charge in [0, 0.05) is 51.8 Å². The number of rotatable bonds is 14. The molecule has 0 saturated heterocycles. The van der Waals surface area contributed by atoms with E-state index in [1.54, 1.807) is 13.2 Å². The van der Waals surface area contributed by atoms with Gasteiger partial charge in [0.05, 0.1) is 7.11 Å². The van der Waals surface area contributed by atoms with Gasteiger partial charge < -0.3 is 36.7 Å². The number of allylic oxidation sites excluding steroid dienone is 3. The van der Waals surface area contributed by atoms with E-state index in [4.69, 9.17) is 14.6 Å². The fourth-order valence-electron chi connectivity index (χ4n) is 5.13. The third-order valence-electron chi connectivity index (χ3n) is 7.55. The highest BCUT2D eigenvalue weighted by Gasteiger charge is 2.20. The van der Waals surface area contributed by atoms with Gasteiger partial charge in [0.1, 0.15) is 6.61 Å². The lowest BCUT2D eigenvalue weighted by Gasteiger charge is -2.12. The van der Waals surface area contributed by atoms with Crippen LogP contribution in [0.3, 0.4) is 0 Å². The average Bonchev–Trinajstić information content (AvgIpc) is 3.07. The van der Waals surface area contributed by atoms with Crippen LogP contribution in [0.1, 0.15) is 39.2 Å². The predicted molar refractivity (Wildman–Crippen MR) is 199 cm³/mol. The molecule has 1 N–H and O–H groups in total. The lowest BCUT2D eigenvalue weighted by molar-refractivity contribution is -0.709. The molecule has 4 rings (SSSR count). The van der Waals surface area contributed by atoms with Crippen LogP contribution in [0.5, 0.6) is 11.5 Å². The molecule has 0 bridgehead atoms. The number of pyridine rings is 1. The molecule has 51 heavy (non-hydrogen) atoms. The summed E-state index contributed by atoms with van der Waals surface area (Å²) in [4.78, 5) is 13.0. The van der Waals surface area contributed by atoms with E-state index in [9.17, 15) is 22.1 Å². The summed E-state index contributed by atoms with van der Waals surface area (Å²) >= 11 is 0. The number of carbonyl (C=O) groups is 1. The summed E-state index contributed by atoms with van der Waals surface area (Å²) in [6, 6.07) is 26.5. The molecule has 0 amide bonds. The number of anilines is 1. The summed E-state index contributed by atoms with van der Waals surface area (Å²) in [7, 11) is -0.262. The van der Waals surface area contributed by atoms with Gasteiger partial charge in [-0.15, -0.1) is 0 Å². The number of aliphatic carboxylic acids is 1. The van der Waals surface area contributed by atoms with Crippen molar-refractivity contribution in [3.8, 4) is 11.5 Å². The second kappa shape index (κ2) is 19.6. The first-order chi connectivity index (χ1) is 24.2. The van der Waals surface area contributed by atoms with Crippen LogP contribution in [0.2, 0.25) is 0 Å². The molecule has 1 aromatic heterocycles. The van der Waals surface area contributed by atoms with Gasteiger partial charge in [-0.1, -0.05) is 78.9 Å². The third kappa shape index (κ3) is 14.4. The Balaban J connectivity index is 0.00000131. The SMILES string of the molecule is COc1cc(C/C=C/c2ccccc2/C=C/C(=O)O)ccc1OCC[n+]1c(C)cc(/C=C/C=C/c2ccc(N(C)C)cc2)cc1C.F[B-](F)(F)F. The minimum atomic E-state index is -6.00. The molecule has 0 spiro atoms. The number of methoxy groups -OCH3 is 1. The number of benzene rings is 3. The molecule has 0 fully saturated rings. The maximum absolute atomic E-state index is 10.9. The van der Waals surface area contributed by atoms with Gasteiger partial charge in [0.25, 0.3) is 0 Å². The summed E-state index contributed by atoms with van der Waals surface area (Å²) in [6.45, 7) is 5.47. The van der Waals surface area contributed by atoms with Crippen molar-refractivity contribution >= 4 is 43.2 Å². The number of hydrogen-bond acceptors (Lipinski definition) is 4. The van der Waals surface area contributed by atoms with E-state index < -0.39 is 13.2 Å². The second-order valence-corrected chi connectivity index (χ2v) is 11.7. The molecule has 3 aromatic carbocycles. The van der Waals surface area contributed by atoms with Crippen molar-refractivity contribution < 1.29 is 41.2 Å². The van der Waals surface area contributed by atoms with Crippen LogP contribution in [-0.2, 0) is 17.8 Å². The first-order valence-electron chi connectivity index (χ1n) is 16.2. The maximum atomic E-state index is 10.9. The molecule has 11 heteroatoms. The van der Waals surface area contributed by atoms with Crippen molar-refractivity contribution in [2.45, 2.75) is 26.8 Å². The summed E-state index contributed by atoms with van der Waals surface area (Å²) in [6.07, 6.45) is 15.9. The van der Waals surface area contributed by atoms with Crippen molar-refractivity contribution in [3.05, 3.63) is 142 Å². The van der Waals surface area contributed by atoms with Gasteiger partial charge in [0.2, 0.25) is 0 Å². The average molecular weight is 703 g/mol. The van der Waals surface area contributed by atoms with Crippen LogP contribution in [-0.4, -0.2) is 46.1 Å². The fourth-order valence-corrected chi connectivity index (χ4v) is 5.13. The standard InChI is InChI=1S/C40H42N2O4.BF4/c1-30-27-34(12-7-6-11-32-17-21-37(22-18-32)41(3)4)28-31(2)42(30)25-26-46-38-23-19-33(29-39(38)45-5)13-10-16-35-14-8-9-15-36(35)20-24-40(43)44;2-1(3,4)5/h6-12,14-24,27-29H,13,25-26H2,1-5H3;/q;-1/p+1/b16-10+,24-20+;. The van der Waals surface area contributed by atoms with E-state index in [0.717, 1.165) is 28.3 Å². The van der Waals surface area contributed by atoms with Gasteiger partial charge in [-0.2, -0.15) is 4.57 Å². The van der Waals surface area contributed by atoms with Crippen molar-refractivity contribution in [3.63, 3.8) is 0 Å². The van der Waals surface area contributed by atoms with Crippen molar-refractivity contribution in [1.29, 1.82) is 0 Å². The summed E-state index contributed by atoms with van der Waals surface area (Å²) < 4.78 is 53.1. The lowest BCUT2D eigenvalue weighted by Crippen LogP contribution is -2.42. The quantitative estimate of drug-likeness (QED) is 0.0467. The molecule has 0 aliphatic rings. The molecule has 0 radical (unpaired) electrons. The molecule has 268 valence electrons. The largest absolute Gasteiger partial charge is 0.673 e. The van der Waals surface area contributed by atoms with Crippen molar-refractivity contribution in [2.75, 3.05) is 32.7 Å². The van der Waals surface area contributed by atoms with Crippen LogP contribution >= 0.6 is 0 Å². The van der Waals surface area contributed by atoms with E-state index in [2.05, 4.69) is 90.1 Å². The Morgan fingerprint density at radius 3 is 1.96 bits per heavy atom. The predicted octanol–water partition coefficient (Wildman–Crippen LogP) is 9.12. The molecule has 0 aliphatic heterocycles. The van der Waals surface area contributed by atoms with Crippen LogP contribution in [0.4, 0.5) is 23.0 Å². The molecule has 0 saturated carbocycles. The first kappa shape index (κ1) is 39.9. The number of carboxylic acid groups (broad SMARTS) is 1. The van der Waals surface area contributed by atoms with Gasteiger partial charge in [0.15, 0.2) is 29.4 Å². The van der Waals surface area contributed by atoms with Crippen LogP contribution < -0.4 is 18.9 Å². The van der Waals surface area contributed by atoms with Gasteiger partial charge in [-0.3, -0.25) is 0 Å². The Kier molecular flexibility index (Phi) is 15.3. The Morgan fingerprint density at radius 1 is 0.804 bits per heavy atom. The number of aromatic nitrogens is 1. The second-order valence-electron chi connectivity index (χ2n) is 11.7. The topological polar surface area (TPSA) is 62.9 Å². The zero-order valence-corrected chi connectivity index (χ0v) is 29.4. The van der Waals surface area contributed by atoms with E-state index in [-0.39, 0.29) is 0 Å². The molecule has 1 heterocycles. The van der Waals surface area contributed by atoms with Gasteiger partial charge in [-0.25, -0.2) is 4.79 Å². The Labute approximate surface area is 297 Å². The number of aryl methyl sites for hydroxylation is 2. The zero-order valence-electron chi connectivity index (χ0n) is 29.4. The van der Waals surface area contributed by atoms with E-state index in [1.807, 2.05) is 62.6 Å². The highest BCUT2D eigenvalue weighted by atomic mass is 19.5. The fraction of sp³-hybridized carbons (Fsp3) is 0.200. The third-order valence-corrected chi connectivity index (χ3v) is 7.55. The normalized spacial score (nSPS) is 11.7. The smallest absolute Gasteiger partial charge is 0.493 e. The first-order valence-corrected chi connectivity index (χ1v) is 16.2. The summed E-state index contributed by atoms with van der Waals surface area (Å²) in [5.41, 5.74) is 8.74. The maximum Gasteiger partial charge on any atom is 0.673 e. The van der Waals surface area contributed by atoms with Crippen LogP contribution in [0.25, 0.3) is 24.3 Å². The Hall–Kier alpha value is -5.58. The number of halogens is 4. The van der Waals surface area contributed by atoms with E-state index in [1.165, 1.54) is 22.6 Å².